The standard InChI is InChI=1S/C12H17ClIN3O2S/c1-20(18,19)17-10-4-2-3-9(7-10)15-12-6-8(14)5-11(13)16-12/h5-6,9-10,17H,2-4,7H2,1H3,(H,15,16). The molecule has 1 aromatic heterocycles. The minimum atomic E-state index is -3.15. The molecule has 2 rings (SSSR count). The molecule has 2 unspecified atom stereocenters. The van der Waals surface area contributed by atoms with E-state index in [4.69, 9.17) is 11.6 Å². The Morgan fingerprint density at radius 2 is 2.05 bits per heavy atom. The Kier molecular flexibility index (Phi) is 5.49. The van der Waals surface area contributed by atoms with Crippen LogP contribution in [0.4, 0.5) is 5.82 Å². The van der Waals surface area contributed by atoms with E-state index in [1.165, 1.54) is 6.26 Å². The van der Waals surface area contributed by atoms with E-state index in [1.54, 1.807) is 6.07 Å². The van der Waals surface area contributed by atoms with Gasteiger partial charge in [0.25, 0.3) is 0 Å². The zero-order valence-corrected chi connectivity index (χ0v) is 14.8. The fourth-order valence-corrected chi connectivity index (χ4v) is 4.28. The summed E-state index contributed by atoms with van der Waals surface area (Å²) in [6.07, 6.45) is 4.84. The van der Waals surface area contributed by atoms with Crippen LogP contribution >= 0.6 is 34.2 Å². The normalized spacial score (nSPS) is 23.6. The van der Waals surface area contributed by atoms with Crippen LogP contribution in [0.2, 0.25) is 5.15 Å². The van der Waals surface area contributed by atoms with E-state index in [9.17, 15) is 8.42 Å². The van der Waals surface area contributed by atoms with Crippen LogP contribution in [0.1, 0.15) is 25.7 Å². The Morgan fingerprint density at radius 1 is 1.35 bits per heavy atom. The van der Waals surface area contributed by atoms with Gasteiger partial charge in [-0.25, -0.2) is 18.1 Å². The molecule has 2 N–H and O–H groups in total. The summed E-state index contributed by atoms with van der Waals surface area (Å²) in [6, 6.07) is 3.93. The highest BCUT2D eigenvalue weighted by atomic mass is 127. The van der Waals surface area contributed by atoms with Crippen LogP contribution in [0.25, 0.3) is 0 Å². The maximum atomic E-state index is 11.3. The maximum Gasteiger partial charge on any atom is 0.208 e. The van der Waals surface area contributed by atoms with E-state index in [0.717, 1.165) is 35.1 Å². The van der Waals surface area contributed by atoms with Gasteiger partial charge in [0.15, 0.2) is 0 Å². The van der Waals surface area contributed by atoms with Crippen molar-refractivity contribution in [1.82, 2.24) is 9.71 Å². The molecule has 20 heavy (non-hydrogen) atoms. The molecular formula is C12H17ClIN3O2S. The van der Waals surface area contributed by atoms with E-state index in [2.05, 4.69) is 37.6 Å². The number of hydrogen-bond donors (Lipinski definition) is 2. The van der Waals surface area contributed by atoms with Crippen LogP contribution < -0.4 is 10.0 Å². The number of pyridine rings is 1. The van der Waals surface area contributed by atoms with Gasteiger partial charge in [0.2, 0.25) is 10.0 Å². The van der Waals surface area contributed by atoms with E-state index in [1.807, 2.05) is 6.07 Å². The third-order valence-electron chi connectivity index (χ3n) is 3.17. The van der Waals surface area contributed by atoms with Crippen molar-refractivity contribution >= 4 is 50.0 Å². The van der Waals surface area contributed by atoms with Gasteiger partial charge < -0.3 is 5.32 Å². The molecule has 0 spiro atoms. The van der Waals surface area contributed by atoms with Crippen LogP contribution in [-0.4, -0.2) is 31.7 Å². The maximum absolute atomic E-state index is 11.3. The largest absolute Gasteiger partial charge is 0.367 e. The summed E-state index contributed by atoms with van der Waals surface area (Å²) in [4.78, 5) is 4.24. The van der Waals surface area contributed by atoms with Gasteiger partial charge in [-0.1, -0.05) is 11.6 Å². The van der Waals surface area contributed by atoms with Crippen molar-refractivity contribution in [1.29, 1.82) is 0 Å². The van der Waals surface area contributed by atoms with Crippen molar-refractivity contribution in [3.63, 3.8) is 0 Å². The SMILES string of the molecule is CS(=O)(=O)NC1CCCC(Nc2cc(I)cc(Cl)n2)C1. The predicted octanol–water partition coefficient (Wildman–Crippen LogP) is 2.61. The number of aromatic nitrogens is 1. The average molecular weight is 430 g/mol. The third kappa shape index (κ3) is 5.34. The fraction of sp³-hybridized carbons (Fsp3) is 0.583. The molecule has 0 aromatic carbocycles. The fourth-order valence-electron chi connectivity index (χ4n) is 2.48. The molecule has 0 radical (unpaired) electrons. The number of nitrogens with one attached hydrogen (secondary N) is 2. The highest BCUT2D eigenvalue weighted by Gasteiger charge is 2.24. The van der Waals surface area contributed by atoms with Crippen molar-refractivity contribution in [2.75, 3.05) is 11.6 Å². The molecule has 0 bridgehead atoms. The second kappa shape index (κ2) is 6.76. The van der Waals surface area contributed by atoms with Gasteiger partial charge in [-0.15, -0.1) is 0 Å². The first-order valence-corrected chi connectivity index (χ1v) is 9.73. The molecule has 0 aliphatic heterocycles. The molecule has 1 aromatic rings. The van der Waals surface area contributed by atoms with Gasteiger partial charge in [-0.05, 0) is 60.4 Å². The molecule has 2 atom stereocenters. The average Bonchev–Trinajstić information content (AvgIpc) is 2.25. The number of rotatable bonds is 4. The molecule has 5 nitrogen and oxygen atoms in total. The molecule has 1 fully saturated rings. The molecule has 1 heterocycles. The molecule has 0 amide bonds. The summed E-state index contributed by atoms with van der Waals surface area (Å²) in [6.45, 7) is 0. The van der Waals surface area contributed by atoms with Crippen molar-refractivity contribution in [2.45, 2.75) is 37.8 Å². The van der Waals surface area contributed by atoms with Crippen LogP contribution in [0.15, 0.2) is 12.1 Å². The van der Waals surface area contributed by atoms with Crippen molar-refractivity contribution < 1.29 is 8.42 Å². The molecule has 1 aliphatic carbocycles. The summed E-state index contributed by atoms with van der Waals surface area (Å²) < 4.78 is 26.3. The number of anilines is 1. The molecule has 112 valence electrons. The molecule has 1 saturated carbocycles. The van der Waals surface area contributed by atoms with Crippen molar-refractivity contribution in [3.8, 4) is 0 Å². The molecular weight excluding hydrogens is 413 g/mol. The highest BCUT2D eigenvalue weighted by molar-refractivity contribution is 14.1. The Hall–Kier alpha value is -0.120. The number of hydrogen-bond acceptors (Lipinski definition) is 4. The summed E-state index contributed by atoms with van der Waals surface area (Å²) in [5, 5.41) is 3.80. The predicted molar refractivity (Wildman–Crippen MR) is 89.6 cm³/mol. The molecule has 8 heteroatoms. The van der Waals surface area contributed by atoms with Gasteiger partial charge >= 0.3 is 0 Å². The lowest BCUT2D eigenvalue weighted by Crippen LogP contribution is -2.41. The summed E-state index contributed by atoms with van der Waals surface area (Å²) >= 11 is 8.13. The van der Waals surface area contributed by atoms with Gasteiger partial charge in [0, 0.05) is 15.7 Å². The van der Waals surface area contributed by atoms with Crippen LogP contribution in [-0.2, 0) is 10.0 Å². The lowest BCUT2D eigenvalue weighted by Gasteiger charge is -2.30. The third-order valence-corrected chi connectivity index (χ3v) is 4.74. The summed E-state index contributed by atoms with van der Waals surface area (Å²) in [7, 11) is -3.15. The number of nitrogens with zero attached hydrogens (tertiary/aromatic N) is 1. The van der Waals surface area contributed by atoms with Crippen molar-refractivity contribution in [3.05, 3.63) is 20.9 Å². The Labute approximate surface area is 138 Å². The van der Waals surface area contributed by atoms with Gasteiger partial charge in [0.05, 0.1) is 6.26 Å². The lowest BCUT2D eigenvalue weighted by atomic mass is 9.91. The molecule has 0 saturated heterocycles. The lowest BCUT2D eigenvalue weighted by molar-refractivity contribution is 0.386. The van der Waals surface area contributed by atoms with Crippen LogP contribution in [0, 0.1) is 3.57 Å². The summed E-state index contributed by atoms with van der Waals surface area (Å²) in [5.41, 5.74) is 0. The minimum absolute atomic E-state index is 0.00509. The number of sulfonamides is 1. The minimum Gasteiger partial charge on any atom is -0.367 e. The number of halogens is 2. The zero-order valence-electron chi connectivity index (χ0n) is 11.1. The van der Waals surface area contributed by atoms with Gasteiger partial charge in [-0.3, -0.25) is 0 Å². The van der Waals surface area contributed by atoms with Crippen molar-refractivity contribution in [2.24, 2.45) is 0 Å². The van der Waals surface area contributed by atoms with E-state index < -0.39 is 10.0 Å². The van der Waals surface area contributed by atoms with Gasteiger partial charge in [-0.2, -0.15) is 0 Å². The Balaban J connectivity index is 1.99. The first-order valence-electron chi connectivity index (χ1n) is 6.39. The topological polar surface area (TPSA) is 71.1 Å². The first-order chi connectivity index (χ1) is 9.32. The second-order valence-corrected chi connectivity index (χ2v) is 8.50. The van der Waals surface area contributed by atoms with E-state index in [0.29, 0.717) is 5.15 Å². The monoisotopic (exact) mass is 429 g/mol. The second-order valence-electron chi connectivity index (χ2n) is 5.09. The molecule has 1 aliphatic rings. The summed E-state index contributed by atoms with van der Waals surface area (Å²) in [5.74, 6) is 0.743. The quantitative estimate of drug-likeness (QED) is 0.570. The highest BCUT2D eigenvalue weighted by Crippen LogP contribution is 2.23. The Bertz CT molecular complexity index is 562. The van der Waals surface area contributed by atoms with Crippen LogP contribution in [0.3, 0.4) is 0 Å². The van der Waals surface area contributed by atoms with E-state index >= 15 is 0 Å². The Morgan fingerprint density at radius 3 is 2.70 bits per heavy atom. The van der Waals surface area contributed by atoms with Crippen LogP contribution in [0.5, 0.6) is 0 Å². The van der Waals surface area contributed by atoms with E-state index in [-0.39, 0.29) is 12.1 Å². The zero-order chi connectivity index (χ0) is 14.8. The smallest absolute Gasteiger partial charge is 0.208 e. The first kappa shape index (κ1) is 16.3. The van der Waals surface area contributed by atoms with Gasteiger partial charge in [0.1, 0.15) is 11.0 Å².